The van der Waals surface area contributed by atoms with Gasteiger partial charge < -0.3 is 9.73 Å². The number of fused-ring (bicyclic) bond motifs is 1. The predicted molar refractivity (Wildman–Crippen MR) is 103 cm³/mol. The topological polar surface area (TPSA) is 38.1 Å². The molecule has 4 aromatic rings. The number of hydrogen-bond acceptors (Lipinski definition) is 3. The van der Waals surface area contributed by atoms with Gasteiger partial charge in [-0.05, 0) is 48.0 Å². The fourth-order valence-electron chi connectivity index (χ4n) is 2.62. The van der Waals surface area contributed by atoms with E-state index in [1.54, 1.807) is 6.07 Å². The van der Waals surface area contributed by atoms with Crippen molar-refractivity contribution in [1.29, 1.82) is 0 Å². The molecule has 0 amide bonds. The van der Waals surface area contributed by atoms with Crippen molar-refractivity contribution >= 4 is 40.0 Å². The fourth-order valence-corrected chi connectivity index (χ4v) is 3.10. The van der Waals surface area contributed by atoms with Crippen LogP contribution in [0.4, 0.5) is 5.69 Å². The molecule has 0 atom stereocenters. The van der Waals surface area contributed by atoms with Crippen molar-refractivity contribution in [2.24, 2.45) is 0 Å². The van der Waals surface area contributed by atoms with Crippen LogP contribution in [0, 0.1) is 0 Å². The maximum absolute atomic E-state index is 6.22. The first-order valence-electron chi connectivity index (χ1n) is 7.83. The van der Waals surface area contributed by atoms with Gasteiger partial charge in [-0.1, -0.05) is 47.5 Å². The number of halogens is 2. The number of oxazole rings is 1. The summed E-state index contributed by atoms with van der Waals surface area (Å²) in [6.07, 6.45) is 0. The molecule has 1 aromatic heterocycles. The molecule has 4 rings (SSSR count). The quantitative estimate of drug-likeness (QED) is 0.451. The molecule has 0 radical (unpaired) electrons. The van der Waals surface area contributed by atoms with E-state index in [1.165, 1.54) is 0 Å². The molecule has 25 heavy (non-hydrogen) atoms. The lowest BCUT2D eigenvalue weighted by Gasteiger charge is -2.09. The van der Waals surface area contributed by atoms with E-state index < -0.39 is 0 Å². The van der Waals surface area contributed by atoms with Gasteiger partial charge in [-0.25, -0.2) is 4.98 Å². The van der Waals surface area contributed by atoms with Crippen molar-refractivity contribution in [3.8, 4) is 11.5 Å². The van der Waals surface area contributed by atoms with E-state index in [4.69, 9.17) is 27.6 Å². The number of para-hydroxylation sites is 2. The second-order valence-electron chi connectivity index (χ2n) is 5.66. The Bertz CT molecular complexity index is 1010. The third-order valence-electron chi connectivity index (χ3n) is 3.90. The van der Waals surface area contributed by atoms with Crippen molar-refractivity contribution in [2.45, 2.75) is 6.54 Å². The van der Waals surface area contributed by atoms with Crippen LogP contribution in [0.5, 0.6) is 0 Å². The van der Waals surface area contributed by atoms with Crippen LogP contribution in [-0.4, -0.2) is 4.98 Å². The van der Waals surface area contributed by atoms with Gasteiger partial charge in [0.05, 0.1) is 0 Å². The summed E-state index contributed by atoms with van der Waals surface area (Å²) < 4.78 is 5.83. The molecule has 0 bridgehead atoms. The number of nitrogens with one attached hydrogen (secondary N) is 1. The predicted octanol–water partition coefficient (Wildman–Crippen LogP) is 6.41. The molecule has 124 valence electrons. The monoisotopic (exact) mass is 368 g/mol. The van der Waals surface area contributed by atoms with Gasteiger partial charge in [-0.2, -0.15) is 0 Å². The first-order chi connectivity index (χ1) is 12.2. The molecule has 0 aliphatic heterocycles. The first kappa shape index (κ1) is 16.0. The van der Waals surface area contributed by atoms with Crippen LogP contribution >= 0.6 is 23.2 Å². The summed E-state index contributed by atoms with van der Waals surface area (Å²) in [5.41, 5.74) is 4.50. The van der Waals surface area contributed by atoms with E-state index >= 15 is 0 Å². The van der Waals surface area contributed by atoms with Crippen LogP contribution in [0.2, 0.25) is 10.0 Å². The summed E-state index contributed by atoms with van der Waals surface area (Å²) >= 11 is 12.2. The lowest BCUT2D eigenvalue weighted by molar-refractivity contribution is 0.620. The lowest BCUT2D eigenvalue weighted by Crippen LogP contribution is -2.00. The van der Waals surface area contributed by atoms with E-state index in [0.717, 1.165) is 27.9 Å². The number of aromatic nitrogens is 1. The van der Waals surface area contributed by atoms with Crippen LogP contribution < -0.4 is 5.32 Å². The highest BCUT2D eigenvalue weighted by Gasteiger charge is 2.08. The zero-order chi connectivity index (χ0) is 17.2. The standard InChI is InChI=1S/C20H14Cl2N2O/c21-15-9-8-14(17(22)11-15)12-23-16-5-3-4-13(10-16)20-24-18-6-1-2-7-19(18)25-20/h1-11,23H,12H2. The summed E-state index contributed by atoms with van der Waals surface area (Å²) in [4.78, 5) is 4.54. The summed E-state index contributed by atoms with van der Waals surface area (Å²) in [6, 6.07) is 21.2. The molecule has 3 aromatic carbocycles. The minimum absolute atomic E-state index is 0.604. The first-order valence-corrected chi connectivity index (χ1v) is 8.58. The normalized spacial score (nSPS) is 11.0. The van der Waals surface area contributed by atoms with E-state index in [0.29, 0.717) is 22.5 Å². The van der Waals surface area contributed by atoms with Gasteiger partial charge in [0.25, 0.3) is 0 Å². The van der Waals surface area contributed by atoms with Crippen molar-refractivity contribution in [3.63, 3.8) is 0 Å². The average molecular weight is 369 g/mol. The lowest BCUT2D eigenvalue weighted by atomic mass is 10.2. The number of rotatable bonds is 4. The molecule has 0 fully saturated rings. The molecule has 3 nitrogen and oxygen atoms in total. The Hall–Kier alpha value is -2.49. The highest BCUT2D eigenvalue weighted by molar-refractivity contribution is 6.35. The summed E-state index contributed by atoms with van der Waals surface area (Å²) in [6.45, 7) is 0.604. The fraction of sp³-hybridized carbons (Fsp3) is 0.0500. The average Bonchev–Trinajstić information content (AvgIpc) is 3.05. The molecule has 0 aliphatic carbocycles. The minimum Gasteiger partial charge on any atom is -0.436 e. The van der Waals surface area contributed by atoms with Crippen molar-refractivity contribution in [3.05, 3.63) is 82.3 Å². The molecule has 0 saturated heterocycles. The Kier molecular flexibility index (Phi) is 4.35. The van der Waals surface area contributed by atoms with Gasteiger partial charge in [0.2, 0.25) is 5.89 Å². The molecule has 1 heterocycles. The van der Waals surface area contributed by atoms with Crippen LogP contribution in [0.25, 0.3) is 22.6 Å². The van der Waals surface area contributed by atoms with Crippen LogP contribution in [0.15, 0.2) is 71.1 Å². The highest BCUT2D eigenvalue weighted by atomic mass is 35.5. The van der Waals surface area contributed by atoms with Gasteiger partial charge in [-0.15, -0.1) is 0 Å². The zero-order valence-electron chi connectivity index (χ0n) is 13.2. The van der Waals surface area contributed by atoms with Crippen molar-refractivity contribution in [1.82, 2.24) is 4.98 Å². The maximum Gasteiger partial charge on any atom is 0.227 e. The summed E-state index contributed by atoms with van der Waals surface area (Å²) in [5, 5.41) is 4.65. The molecular weight excluding hydrogens is 355 g/mol. The van der Waals surface area contributed by atoms with Gasteiger partial charge in [-0.3, -0.25) is 0 Å². The van der Waals surface area contributed by atoms with Gasteiger partial charge >= 0.3 is 0 Å². The smallest absolute Gasteiger partial charge is 0.227 e. The number of nitrogens with zero attached hydrogens (tertiary/aromatic N) is 1. The number of hydrogen-bond donors (Lipinski definition) is 1. The maximum atomic E-state index is 6.22. The molecule has 0 unspecified atom stereocenters. The molecule has 5 heteroatoms. The van der Waals surface area contributed by atoms with E-state index in [2.05, 4.69) is 10.3 Å². The number of benzene rings is 3. The van der Waals surface area contributed by atoms with E-state index in [9.17, 15) is 0 Å². The third kappa shape index (κ3) is 3.48. The van der Waals surface area contributed by atoms with Crippen LogP contribution in [0.1, 0.15) is 5.56 Å². The molecule has 0 spiro atoms. The van der Waals surface area contributed by atoms with Crippen molar-refractivity contribution in [2.75, 3.05) is 5.32 Å². The second-order valence-corrected chi connectivity index (χ2v) is 6.50. The van der Waals surface area contributed by atoms with Crippen LogP contribution in [0.3, 0.4) is 0 Å². The molecule has 0 aliphatic rings. The van der Waals surface area contributed by atoms with Gasteiger partial charge in [0.15, 0.2) is 5.58 Å². The number of anilines is 1. The highest BCUT2D eigenvalue weighted by Crippen LogP contribution is 2.27. The van der Waals surface area contributed by atoms with Gasteiger partial charge in [0.1, 0.15) is 5.52 Å². The Morgan fingerprint density at radius 2 is 1.80 bits per heavy atom. The van der Waals surface area contributed by atoms with Crippen LogP contribution in [-0.2, 0) is 6.54 Å². The van der Waals surface area contributed by atoms with E-state index in [-0.39, 0.29) is 0 Å². The Morgan fingerprint density at radius 3 is 2.64 bits per heavy atom. The Labute approximate surface area is 155 Å². The minimum atomic E-state index is 0.604. The zero-order valence-corrected chi connectivity index (χ0v) is 14.7. The summed E-state index contributed by atoms with van der Waals surface area (Å²) in [5.74, 6) is 0.606. The molecule has 1 N–H and O–H groups in total. The largest absolute Gasteiger partial charge is 0.436 e. The Morgan fingerprint density at radius 1 is 0.920 bits per heavy atom. The van der Waals surface area contributed by atoms with Gasteiger partial charge in [0, 0.05) is 27.8 Å². The SMILES string of the molecule is Clc1ccc(CNc2cccc(-c3nc4ccccc4o3)c2)c(Cl)c1. The molecular formula is C20H14Cl2N2O. The van der Waals surface area contributed by atoms with E-state index in [1.807, 2.05) is 60.7 Å². The third-order valence-corrected chi connectivity index (χ3v) is 4.49. The van der Waals surface area contributed by atoms with Crippen molar-refractivity contribution < 1.29 is 4.42 Å². The summed E-state index contributed by atoms with van der Waals surface area (Å²) in [7, 11) is 0. The Balaban J connectivity index is 1.56. The second kappa shape index (κ2) is 6.79. The molecule has 0 saturated carbocycles.